The van der Waals surface area contributed by atoms with Gasteiger partial charge in [-0.2, -0.15) is 10.2 Å². The van der Waals surface area contributed by atoms with Gasteiger partial charge in [0.1, 0.15) is 6.04 Å². The molecule has 2 heterocycles. The summed E-state index contributed by atoms with van der Waals surface area (Å²) in [5.41, 5.74) is -1.03. The second kappa shape index (κ2) is 8.31. The van der Waals surface area contributed by atoms with Crippen molar-refractivity contribution < 1.29 is 26.7 Å². The zero-order valence-electron chi connectivity index (χ0n) is 14.8. The lowest BCUT2D eigenvalue weighted by atomic mass is 10.1. The Morgan fingerprint density at radius 1 is 1.14 bits per heavy atom. The molecular formula is C17H13BrF5N5O. The van der Waals surface area contributed by atoms with Gasteiger partial charge >= 0.3 is 0 Å². The minimum absolute atomic E-state index is 0.0449. The van der Waals surface area contributed by atoms with Crippen molar-refractivity contribution in [3.8, 4) is 0 Å². The first-order valence-electron chi connectivity index (χ1n) is 8.27. The Bertz CT molecular complexity index is 1040. The third-order valence-corrected chi connectivity index (χ3v) is 4.50. The second-order valence-corrected chi connectivity index (χ2v) is 6.91. The molecule has 1 amide bonds. The zero-order valence-corrected chi connectivity index (χ0v) is 16.4. The molecule has 154 valence electrons. The van der Waals surface area contributed by atoms with E-state index in [-0.39, 0.29) is 5.82 Å². The quantitative estimate of drug-likeness (QED) is 0.329. The third-order valence-electron chi connectivity index (χ3n) is 4.09. The van der Waals surface area contributed by atoms with E-state index in [2.05, 4.69) is 31.4 Å². The summed E-state index contributed by atoms with van der Waals surface area (Å²) in [7, 11) is 0. The van der Waals surface area contributed by atoms with E-state index in [1.165, 1.54) is 23.1 Å². The van der Waals surface area contributed by atoms with Crippen LogP contribution in [0.15, 0.2) is 29.1 Å². The van der Waals surface area contributed by atoms with Crippen LogP contribution in [0.4, 0.5) is 27.8 Å². The first-order valence-corrected chi connectivity index (χ1v) is 9.06. The second-order valence-electron chi connectivity index (χ2n) is 6.00. The van der Waals surface area contributed by atoms with Crippen molar-refractivity contribution >= 4 is 27.7 Å². The van der Waals surface area contributed by atoms with E-state index in [1.807, 2.05) is 0 Å². The maximum absolute atomic E-state index is 13.8. The molecule has 1 unspecified atom stereocenters. The number of aromatic nitrogens is 4. The van der Waals surface area contributed by atoms with Crippen LogP contribution in [-0.2, 0) is 11.3 Å². The summed E-state index contributed by atoms with van der Waals surface area (Å²) in [6.07, 6.45) is 4.80. The Morgan fingerprint density at radius 3 is 2.31 bits per heavy atom. The molecule has 1 aromatic carbocycles. The Labute approximate surface area is 169 Å². The number of rotatable bonds is 6. The lowest BCUT2D eigenvalue weighted by Gasteiger charge is -2.14. The summed E-state index contributed by atoms with van der Waals surface area (Å²) in [6, 6.07) is 0.692. The molecule has 0 fully saturated rings. The molecule has 12 heteroatoms. The molecule has 3 aromatic rings. The van der Waals surface area contributed by atoms with Gasteiger partial charge in [0.2, 0.25) is 11.7 Å². The molecule has 0 aliphatic rings. The normalized spacial score (nSPS) is 12.2. The average molecular weight is 478 g/mol. The van der Waals surface area contributed by atoms with Crippen LogP contribution in [0.1, 0.15) is 24.9 Å². The summed E-state index contributed by atoms with van der Waals surface area (Å²) >= 11 is 3.24. The number of hydrogen-bond donors (Lipinski definition) is 1. The first kappa shape index (κ1) is 21.0. The predicted octanol–water partition coefficient (Wildman–Crippen LogP) is 4.18. The summed E-state index contributed by atoms with van der Waals surface area (Å²) < 4.78 is 70.4. The molecule has 0 spiro atoms. The van der Waals surface area contributed by atoms with Gasteiger partial charge in [-0.25, -0.2) is 22.0 Å². The molecule has 1 N–H and O–H groups in total. The largest absolute Gasteiger partial charge is 0.307 e. The van der Waals surface area contributed by atoms with Gasteiger partial charge in [0.25, 0.3) is 0 Å². The van der Waals surface area contributed by atoms with Crippen LogP contribution in [0, 0.1) is 29.1 Å². The summed E-state index contributed by atoms with van der Waals surface area (Å²) in [5.74, 6) is -10.6. The van der Waals surface area contributed by atoms with Crippen molar-refractivity contribution in [1.29, 1.82) is 0 Å². The number of nitrogens with one attached hydrogen (secondary N) is 1. The van der Waals surface area contributed by atoms with Crippen molar-refractivity contribution in [3.05, 3.63) is 63.8 Å². The van der Waals surface area contributed by atoms with Gasteiger partial charge in [-0.1, -0.05) is 6.92 Å². The van der Waals surface area contributed by atoms with E-state index in [0.29, 0.717) is 10.9 Å². The minimum Gasteiger partial charge on any atom is -0.307 e. The molecule has 0 bridgehead atoms. The smallest absolute Gasteiger partial charge is 0.250 e. The van der Waals surface area contributed by atoms with Crippen LogP contribution in [0.2, 0.25) is 0 Å². The maximum Gasteiger partial charge on any atom is 0.250 e. The zero-order chi connectivity index (χ0) is 21.3. The Kier molecular flexibility index (Phi) is 6.01. The van der Waals surface area contributed by atoms with Gasteiger partial charge in [-0.15, -0.1) is 0 Å². The van der Waals surface area contributed by atoms with Crippen LogP contribution in [0.25, 0.3) is 0 Å². The highest BCUT2D eigenvalue weighted by molar-refractivity contribution is 9.10. The number of anilines is 1. The van der Waals surface area contributed by atoms with Gasteiger partial charge in [-0.3, -0.25) is 14.2 Å². The first-order chi connectivity index (χ1) is 13.7. The van der Waals surface area contributed by atoms with Gasteiger partial charge in [0.05, 0.1) is 22.8 Å². The van der Waals surface area contributed by atoms with E-state index >= 15 is 0 Å². The predicted molar refractivity (Wildman–Crippen MR) is 95.4 cm³/mol. The molecular weight excluding hydrogens is 465 g/mol. The molecule has 2 aromatic heterocycles. The lowest BCUT2D eigenvalue weighted by molar-refractivity contribution is -0.119. The van der Waals surface area contributed by atoms with Crippen molar-refractivity contribution in [1.82, 2.24) is 19.6 Å². The highest BCUT2D eigenvalue weighted by atomic mass is 79.9. The van der Waals surface area contributed by atoms with Crippen LogP contribution >= 0.6 is 15.9 Å². The van der Waals surface area contributed by atoms with Crippen LogP contribution < -0.4 is 5.32 Å². The van der Waals surface area contributed by atoms with E-state index in [9.17, 15) is 26.7 Å². The number of halogens is 6. The van der Waals surface area contributed by atoms with Crippen molar-refractivity contribution in [2.45, 2.75) is 25.9 Å². The lowest BCUT2D eigenvalue weighted by Crippen LogP contribution is -2.26. The SMILES string of the molecule is CCC(C(=O)Nc1ccn(Cc2c(F)c(F)c(F)c(F)c2F)n1)n1cc(Br)cn1. The summed E-state index contributed by atoms with van der Waals surface area (Å²) in [4.78, 5) is 12.5. The Hall–Kier alpha value is -2.76. The molecule has 29 heavy (non-hydrogen) atoms. The fraction of sp³-hybridized carbons (Fsp3) is 0.235. The highest BCUT2D eigenvalue weighted by Gasteiger charge is 2.26. The monoisotopic (exact) mass is 477 g/mol. The molecule has 1 atom stereocenters. The molecule has 0 radical (unpaired) electrons. The number of hydrogen-bond acceptors (Lipinski definition) is 3. The molecule has 0 saturated heterocycles. The van der Waals surface area contributed by atoms with Gasteiger partial charge in [0, 0.05) is 18.5 Å². The highest BCUT2D eigenvalue weighted by Crippen LogP contribution is 2.24. The molecule has 0 saturated carbocycles. The molecule has 6 nitrogen and oxygen atoms in total. The standard InChI is InChI=1S/C17H13BrF5N5O/c1-2-10(28-6-8(18)5-24-28)17(29)25-11-3-4-27(26-11)7-9-12(19)14(21)16(23)15(22)13(9)20/h3-6,10H,2,7H2,1H3,(H,25,26,29). The van der Waals surface area contributed by atoms with Crippen LogP contribution in [0.3, 0.4) is 0 Å². The maximum atomic E-state index is 13.8. The van der Waals surface area contributed by atoms with Gasteiger partial charge in [-0.05, 0) is 22.4 Å². The van der Waals surface area contributed by atoms with E-state index in [4.69, 9.17) is 0 Å². The number of benzene rings is 1. The third kappa shape index (κ3) is 4.16. The molecule has 0 aliphatic carbocycles. The summed E-state index contributed by atoms with van der Waals surface area (Å²) in [6.45, 7) is 1.06. The van der Waals surface area contributed by atoms with Crippen molar-refractivity contribution in [2.75, 3.05) is 5.32 Å². The summed E-state index contributed by atoms with van der Waals surface area (Å²) in [5, 5.41) is 10.5. The van der Waals surface area contributed by atoms with Crippen molar-refractivity contribution in [3.63, 3.8) is 0 Å². The molecule has 3 rings (SSSR count). The number of nitrogens with zero attached hydrogens (tertiary/aromatic N) is 4. The van der Waals surface area contributed by atoms with Gasteiger partial charge < -0.3 is 5.32 Å². The van der Waals surface area contributed by atoms with E-state index in [1.54, 1.807) is 13.1 Å². The van der Waals surface area contributed by atoms with E-state index < -0.39 is 53.1 Å². The van der Waals surface area contributed by atoms with Crippen LogP contribution in [0.5, 0.6) is 0 Å². The molecule has 0 aliphatic heterocycles. The van der Waals surface area contributed by atoms with Crippen molar-refractivity contribution in [2.24, 2.45) is 0 Å². The van der Waals surface area contributed by atoms with Crippen LogP contribution in [-0.4, -0.2) is 25.5 Å². The average Bonchev–Trinajstić information content (AvgIpc) is 3.31. The Balaban J connectivity index is 1.77. The number of carbonyl (C=O) groups is 1. The number of carbonyl (C=O) groups excluding carboxylic acids is 1. The van der Waals surface area contributed by atoms with Gasteiger partial charge in [0.15, 0.2) is 29.1 Å². The fourth-order valence-electron chi connectivity index (χ4n) is 2.66. The minimum atomic E-state index is -2.23. The topological polar surface area (TPSA) is 64.7 Å². The Morgan fingerprint density at radius 2 is 1.76 bits per heavy atom. The fourth-order valence-corrected chi connectivity index (χ4v) is 2.96. The number of amides is 1. The van der Waals surface area contributed by atoms with E-state index in [0.717, 1.165) is 4.68 Å².